The molecule has 0 amide bonds. The van der Waals surface area contributed by atoms with E-state index in [1.807, 2.05) is 38.1 Å². The highest BCUT2D eigenvalue weighted by Crippen LogP contribution is 2.37. The number of halogens is 1. The van der Waals surface area contributed by atoms with Crippen LogP contribution < -0.4 is 9.47 Å². The van der Waals surface area contributed by atoms with Crippen molar-refractivity contribution in [2.45, 2.75) is 20.3 Å². The van der Waals surface area contributed by atoms with Gasteiger partial charge >= 0.3 is 5.97 Å². The van der Waals surface area contributed by atoms with Crippen LogP contribution >= 0.6 is 11.6 Å². The van der Waals surface area contributed by atoms with E-state index >= 15 is 0 Å². The molecular formula is C21H20ClNO4. The second-order valence-electron chi connectivity index (χ2n) is 6.09. The molecule has 2 aromatic carbocycles. The summed E-state index contributed by atoms with van der Waals surface area (Å²) in [6.45, 7) is 4.51. The summed E-state index contributed by atoms with van der Waals surface area (Å²) in [5.74, 6) is 0.766. The number of hydrogen-bond donors (Lipinski definition) is 0. The molecule has 0 saturated carbocycles. The fourth-order valence-electron chi connectivity index (χ4n) is 2.64. The minimum atomic E-state index is -0.507. The van der Waals surface area contributed by atoms with Crippen LogP contribution in [0, 0.1) is 6.92 Å². The Morgan fingerprint density at radius 1 is 1.26 bits per heavy atom. The summed E-state index contributed by atoms with van der Waals surface area (Å²) >= 11 is 6.33. The first kappa shape index (κ1) is 19.0. The van der Waals surface area contributed by atoms with Crippen LogP contribution in [0.15, 0.2) is 47.1 Å². The molecule has 6 heteroatoms. The maximum absolute atomic E-state index is 12.2. The van der Waals surface area contributed by atoms with Gasteiger partial charge in [-0.05, 0) is 49.2 Å². The number of carbonyl (C=O) groups is 1. The summed E-state index contributed by atoms with van der Waals surface area (Å²) in [7, 11) is 1.54. The van der Waals surface area contributed by atoms with E-state index in [1.54, 1.807) is 25.3 Å². The van der Waals surface area contributed by atoms with Crippen LogP contribution in [-0.4, -0.2) is 25.6 Å². The van der Waals surface area contributed by atoms with Crippen LogP contribution in [0.2, 0.25) is 5.02 Å². The number of carbonyl (C=O) groups excluding carboxylic acids is 1. The minimum absolute atomic E-state index is 0.201. The lowest BCUT2D eigenvalue weighted by Gasteiger charge is -2.12. The normalized spacial score (nSPS) is 14.9. The van der Waals surface area contributed by atoms with E-state index in [9.17, 15) is 4.79 Å². The Kier molecular flexibility index (Phi) is 5.81. The van der Waals surface area contributed by atoms with Gasteiger partial charge in [-0.15, -0.1) is 0 Å². The molecule has 0 spiro atoms. The summed E-state index contributed by atoms with van der Waals surface area (Å²) in [6, 6.07) is 11.1. The van der Waals surface area contributed by atoms with E-state index < -0.39 is 5.97 Å². The van der Waals surface area contributed by atoms with Gasteiger partial charge in [-0.25, -0.2) is 9.79 Å². The Labute approximate surface area is 163 Å². The number of esters is 1. The molecule has 0 unspecified atom stereocenters. The predicted octanol–water partition coefficient (Wildman–Crippen LogP) is 4.79. The van der Waals surface area contributed by atoms with Crippen molar-refractivity contribution in [3.63, 3.8) is 0 Å². The van der Waals surface area contributed by atoms with Crippen LogP contribution in [0.5, 0.6) is 11.5 Å². The van der Waals surface area contributed by atoms with Crippen molar-refractivity contribution in [2.24, 2.45) is 4.99 Å². The maximum Gasteiger partial charge on any atom is 0.363 e. The molecule has 0 atom stereocenters. The largest absolute Gasteiger partial charge is 0.493 e. The third-order valence-corrected chi connectivity index (χ3v) is 4.17. The second kappa shape index (κ2) is 8.27. The van der Waals surface area contributed by atoms with Gasteiger partial charge in [0.25, 0.3) is 0 Å². The first-order valence-electron chi connectivity index (χ1n) is 8.61. The van der Waals surface area contributed by atoms with Crippen LogP contribution in [0.4, 0.5) is 0 Å². The first-order valence-corrected chi connectivity index (χ1v) is 8.99. The lowest BCUT2D eigenvalue weighted by molar-refractivity contribution is -0.129. The Hall–Kier alpha value is -2.79. The summed E-state index contributed by atoms with van der Waals surface area (Å²) in [5, 5.41) is 0.406. The number of cyclic esters (lactones) is 1. The predicted molar refractivity (Wildman–Crippen MR) is 106 cm³/mol. The minimum Gasteiger partial charge on any atom is -0.493 e. The molecule has 1 aliphatic heterocycles. The SMILES string of the molecule is CCCOc1c(Cl)cc(/C=C2/N=C(c3cccc(C)c3)OC2=O)cc1OC. The van der Waals surface area contributed by atoms with E-state index in [2.05, 4.69) is 4.99 Å². The highest BCUT2D eigenvalue weighted by Gasteiger charge is 2.24. The summed E-state index contributed by atoms with van der Waals surface area (Å²) < 4.78 is 16.3. The molecule has 5 nitrogen and oxygen atoms in total. The van der Waals surface area contributed by atoms with Gasteiger partial charge in [-0.1, -0.05) is 36.2 Å². The maximum atomic E-state index is 12.2. The zero-order valence-corrected chi connectivity index (χ0v) is 16.2. The number of aliphatic imine (C=N–C) groups is 1. The smallest absolute Gasteiger partial charge is 0.363 e. The van der Waals surface area contributed by atoms with Gasteiger partial charge in [0.15, 0.2) is 17.2 Å². The molecule has 0 radical (unpaired) electrons. The van der Waals surface area contributed by atoms with Crippen LogP contribution in [0.25, 0.3) is 6.08 Å². The van der Waals surface area contributed by atoms with Crippen molar-refractivity contribution in [3.05, 3.63) is 63.8 Å². The standard InChI is InChI=1S/C21H20ClNO4/c1-4-8-26-19-16(22)10-14(12-18(19)25-3)11-17-21(24)27-20(23-17)15-7-5-6-13(2)9-15/h5-7,9-12H,4,8H2,1-3H3/b17-11+. The number of methoxy groups -OCH3 is 1. The van der Waals surface area contributed by atoms with Crippen molar-refractivity contribution in [1.82, 2.24) is 0 Å². The number of benzene rings is 2. The summed E-state index contributed by atoms with van der Waals surface area (Å²) in [4.78, 5) is 16.5. The summed E-state index contributed by atoms with van der Waals surface area (Å²) in [5.41, 5.74) is 2.68. The molecule has 0 fully saturated rings. The lowest BCUT2D eigenvalue weighted by Crippen LogP contribution is -2.05. The molecule has 0 saturated heterocycles. The molecule has 27 heavy (non-hydrogen) atoms. The van der Waals surface area contributed by atoms with Crippen molar-refractivity contribution >= 4 is 29.5 Å². The monoisotopic (exact) mass is 385 g/mol. The van der Waals surface area contributed by atoms with E-state index in [4.69, 9.17) is 25.8 Å². The number of rotatable bonds is 6. The van der Waals surface area contributed by atoms with Crippen molar-refractivity contribution in [2.75, 3.05) is 13.7 Å². The van der Waals surface area contributed by atoms with Gasteiger partial charge in [0.05, 0.1) is 18.7 Å². The number of hydrogen-bond acceptors (Lipinski definition) is 5. The van der Waals surface area contributed by atoms with Gasteiger partial charge in [-0.2, -0.15) is 0 Å². The van der Waals surface area contributed by atoms with Gasteiger partial charge in [-0.3, -0.25) is 0 Å². The van der Waals surface area contributed by atoms with E-state index in [-0.39, 0.29) is 11.6 Å². The topological polar surface area (TPSA) is 57.1 Å². The average Bonchev–Trinajstić information content (AvgIpc) is 3.01. The molecular weight excluding hydrogens is 366 g/mol. The molecule has 140 valence electrons. The fraction of sp³-hybridized carbons (Fsp3) is 0.238. The van der Waals surface area contributed by atoms with E-state index in [0.717, 1.165) is 17.5 Å². The number of nitrogens with zero attached hydrogens (tertiary/aromatic N) is 1. The van der Waals surface area contributed by atoms with Crippen molar-refractivity contribution < 1.29 is 19.0 Å². The lowest BCUT2D eigenvalue weighted by atomic mass is 10.1. The molecule has 3 rings (SSSR count). The van der Waals surface area contributed by atoms with Gasteiger partial charge in [0.1, 0.15) is 0 Å². The van der Waals surface area contributed by atoms with Gasteiger partial charge < -0.3 is 14.2 Å². The zero-order chi connectivity index (χ0) is 19.4. The number of ether oxygens (including phenoxy) is 3. The summed E-state index contributed by atoms with van der Waals surface area (Å²) in [6.07, 6.45) is 2.47. The Balaban J connectivity index is 1.94. The fourth-order valence-corrected chi connectivity index (χ4v) is 2.91. The van der Waals surface area contributed by atoms with E-state index in [1.165, 1.54) is 0 Å². The molecule has 2 aromatic rings. The van der Waals surface area contributed by atoms with Crippen LogP contribution in [0.3, 0.4) is 0 Å². The third-order valence-electron chi connectivity index (χ3n) is 3.89. The Morgan fingerprint density at radius 2 is 2.07 bits per heavy atom. The number of aryl methyl sites for hydroxylation is 1. The van der Waals surface area contributed by atoms with Crippen molar-refractivity contribution in [3.8, 4) is 11.5 Å². The highest BCUT2D eigenvalue weighted by atomic mass is 35.5. The average molecular weight is 386 g/mol. The third kappa shape index (κ3) is 4.31. The molecule has 1 aliphatic rings. The van der Waals surface area contributed by atoms with Gasteiger partial charge in [0, 0.05) is 5.56 Å². The molecule has 0 bridgehead atoms. The Morgan fingerprint density at radius 3 is 2.78 bits per heavy atom. The first-order chi connectivity index (χ1) is 13.0. The molecule has 0 N–H and O–H groups in total. The van der Waals surface area contributed by atoms with E-state index in [0.29, 0.717) is 28.7 Å². The quantitative estimate of drug-likeness (QED) is 0.530. The molecule has 1 heterocycles. The Bertz CT molecular complexity index is 934. The zero-order valence-electron chi connectivity index (χ0n) is 15.4. The van der Waals surface area contributed by atoms with Crippen molar-refractivity contribution in [1.29, 1.82) is 0 Å². The van der Waals surface area contributed by atoms with Crippen LogP contribution in [-0.2, 0) is 9.53 Å². The highest BCUT2D eigenvalue weighted by molar-refractivity contribution is 6.32. The van der Waals surface area contributed by atoms with Crippen LogP contribution in [0.1, 0.15) is 30.0 Å². The van der Waals surface area contributed by atoms with Gasteiger partial charge in [0.2, 0.25) is 5.90 Å². The second-order valence-corrected chi connectivity index (χ2v) is 6.50. The molecule has 0 aliphatic carbocycles. The molecule has 0 aromatic heterocycles.